The fourth-order valence-corrected chi connectivity index (χ4v) is 1.81. The number of phenols is 2. The normalized spacial score (nSPS) is 15.1. The van der Waals surface area contributed by atoms with E-state index in [-0.39, 0.29) is 23.6 Å². The number of hydrogen-bond donors (Lipinski definition) is 3. The van der Waals surface area contributed by atoms with Crippen molar-refractivity contribution in [2.45, 2.75) is 12.6 Å². The second-order valence-electron chi connectivity index (χ2n) is 3.22. The molecule has 5 heteroatoms. The van der Waals surface area contributed by atoms with Crippen LogP contribution in [0.2, 0.25) is 0 Å². The minimum Gasteiger partial charge on any atom is -0.504 e. The Morgan fingerprint density at radius 2 is 1.93 bits per heavy atom. The number of benzene rings is 1. The maximum absolute atomic E-state index is 13.8. The molecule has 0 aliphatic rings. The van der Waals surface area contributed by atoms with Gasteiger partial charge in [0, 0.05) is 16.6 Å². The third kappa shape index (κ3) is 1.99. The molecule has 0 spiro atoms. The monoisotopic (exact) mass is 263 g/mol. The van der Waals surface area contributed by atoms with Crippen LogP contribution in [0.5, 0.6) is 11.5 Å². The number of aromatic hydroxyl groups is 2. The van der Waals surface area contributed by atoms with Crippen molar-refractivity contribution < 1.29 is 14.6 Å². The van der Waals surface area contributed by atoms with Crippen LogP contribution in [0.1, 0.15) is 12.5 Å². The maximum atomic E-state index is 13.8. The second-order valence-corrected chi connectivity index (χ2v) is 4.08. The molecule has 0 amide bonds. The topological polar surface area (TPSA) is 66.5 Å². The lowest BCUT2D eigenvalue weighted by Crippen LogP contribution is -2.26. The zero-order valence-electron chi connectivity index (χ0n) is 7.59. The Labute approximate surface area is 89.5 Å². The molecular weight excluding hydrogens is 253 g/mol. The van der Waals surface area contributed by atoms with E-state index in [9.17, 15) is 9.50 Å². The van der Waals surface area contributed by atoms with Crippen LogP contribution in [-0.2, 0) is 5.67 Å². The first kappa shape index (κ1) is 11.3. The van der Waals surface area contributed by atoms with Gasteiger partial charge in [0.1, 0.15) is 5.67 Å². The Morgan fingerprint density at radius 3 is 2.43 bits per heavy atom. The summed E-state index contributed by atoms with van der Waals surface area (Å²) >= 11 is 3.09. The van der Waals surface area contributed by atoms with E-state index < -0.39 is 5.67 Å². The number of alkyl halides is 1. The van der Waals surface area contributed by atoms with Gasteiger partial charge < -0.3 is 15.9 Å². The van der Waals surface area contributed by atoms with Gasteiger partial charge in [-0.25, -0.2) is 4.39 Å². The van der Waals surface area contributed by atoms with E-state index in [2.05, 4.69) is 15.9 Å². The first-order valence-corrected chi connectivity index (χ1v) is 4.78. The minimum absolute atomic E-state index is 0.199. The van der Waals surface area contributed by atoms with Crippen molar-refractivity contribution in [3.63, 3.8) is 0 Å². The average molecular weight is 264 g/mol. The van der Waals surface area contributed by atoms with Crippen molar-refractivity contribution in [3.8, 4) is 11.5 Å². The van der Waals surface area contributed by atoms with Crippen molar-refractivity contribution in [3.05, 3.63) is 22.2 Å². The Hall–Kier alpha value is -0.810. The summed E-state index contributed by atoms with van der Waals surface area (Å²) in [5, 5.41) is 18.3. The predicted molar refractivity (Wildman–Crippen MR) is 55.0 cm³/mol. The predicted octanol–water partition coefficient (Wildman–Crippen LogP) is 2.00. The van der Waals surface area contributed by atoms with Crippen LogP contribution in [0, 0.1) is 0 Å². The fourth-order valence-electron chi connectivity index (χ4n) is 1.06. The van der Waals surface area contributed by atoms with Gasteiger partial charge in [0.15, 0.2) is 11.5 Å². The summed E-state index contributed by atoms with van der Waals surface area (Å²) in [4.78, 5) is 0. The highest BCUT2D eigenvalue weighted by atomic mass is 79.9. The fraction of sp³-hybridized carbons (Fsp3) is 0.333. The third-order valence-corrected chi connectivity index (χ3v) is 2.67. The summed E-state index contributed by atoms with van der Waals surface area (Å²) in [7, 11) is 0. The molecule has 78 valence electrons. The summed E-state index contributed by atoms with van der Waals surface area (Å²) in [5.74, 6) is -0.658. The second kappa shape index (κ2) is 3.74. The summed E-state index contributed by atoms with van der Waals surface area (Å²) in [6.45, 7) is 1.11. The standard InChI is InChI=1S/C9H11BrFNO2/c1-9(11,4-12)5-2-7(13)8(14)3-6(5)10/h2-3,13-14H,4,12H2,1H3. The first-order valence-electron chi connectivity index (χ1n) is 3.99. The van der Waals surface area contributed by atoms with Gasteiger partial charge in [-0.3, -0.25) is 0 Å². The number of phenolic OH excluding ortho intramolecular Hbond substituents is 2. The largest absolute Gasteiger partial charge is 0.504 e. The average Bonchev–Trinajstić information content (AvgIpc) is 2.11. The Bertz CT molecular complexity index is 355. The third-order valence-electron chi connectivity index (χ3n) is 2.01. The smallest absolute Gasteiger partial charge is 0.158 e. The van der Waals surface area contributed by atoms with Gasteiger partial charge in [-0.05, 0) is 19.1 Å². The van der Waals surface area contributed by atoms with Crippen molar-refractivity contribution >= 4 is 15.9 Å². The zero-order valence-corrected chi connectivity index (χ0v) is 9.18. The molecule has 1 aromatic carbocycles. The molecule has 3 nitrogen and oxygen atoms in total. The SMILES string of the molecule is CC(F)(CN)c1cc(O)c(O)cc1Br. The van der Waals surface area contributed by atoms with Gasteiger partial charge in [-0.1, -0.05) is 15.9 Å². The van der Waals surface area contributed by atoms with Crippen LogP contribution < -0.4 is 5.73 Å². The molecule has 14 heavy (non-hydrogen) atoms. The van der Waals surface area contributed by atoms with Crippen LogP contribution in [0.4, 0.5) is 4.39 Å². The van der Waals surface area contributed by atoms with Gasteiger partial charge in [0.05, 0.1) is 0 Å². The van der Waals surface area contributed by atoms with Crippen molar-refractivity contribution in [2.24, 2.45) is 5.73 Å². The molecular formula is C9H11BrFNO2. The number of halogens is 2. The molecule has 0 saturated heterocycles. The molecule has 1 unspecified atom stereocenters. The van der Waals surface area contributed by atoms with E-state index in [1.165, 1.54) is 13.0 Å². The maximum Gasteiger partial charge on any atom is 0.158 e. The van der Waals surface area contributed by atoms with Crippen molar-refractivity contribution in [1.82, 2.24) is 0 Å². The first-order chi connectivity index (χ1) is 6.38. The molecule has 1 aromatic rings. The van der Waals surface area contributed by atoms with E-state index in [1.54, 1.807) is 0 Å². The summed E-state index contributed by atoms with van der Waals surface area (Å²) in [6, 6.07) is 2.39. The van der Waals surface area contributed by atoms with Gasteiger partial charge in [0.2, 0.25) is 0 Å². The number of hydrogen-bond acceptors (Lipinski definition) is 3. The van der Waals surface area contributed by atoms with Crippen LogP contribution in [0.3, 0.4) is 0 Å². The van der Waals surface area contributed by atoms with Crippen LogP contribution in [-0.4, -0.2) is 16.8 Å². The molecule has 0 bridgehead atoms. The van der Waals surface area contributed by atoms with E-state index in [0.29, 0.717) is 4.47 Å². The molecule has 0 aliphatic carbocycles. The highest BCUT2D eigenvalue weighted by Crippen LogP contribution is 2.38. The molecule has 0 fully saturated rings. The molecule has 0 aliphatic heterocycles. The molecule has 0 saturated carbocycles. The van der Waals surface area contributed by atoms with Crippen molar-refractivity contribution in [2.75, 3.05) is 6.54 Å². The van der Waals surface area contributed by atoms with E-state index in [4.69, 9.17) is 10.8 Å². The summed E-state index contributed by atoms with van der Waals surface area (Å²) in [6.07, 6.45) is 0. The minimum atomic E-state index is -1.73. The number of nitrogens with two attached hydrogens (primary N) is 1. The quantitative estimate of drug-likeness (QED) is 0.716. The Kier molecular flexibility index (Phi) is 3.01. The van der Waals surface area contributed by atoms with Gasteiger partial charge >= 0.3 is 0 Å². The van der Waals surface area contributed by atoms with Gasteiger partial charge in [-0.15, -0.1) is 0 Å². The zero-order chi connectivity index (χ0) is 10.9. The van der Waals surface area contributed by atoms with Gasteiger partial charge in [-0.2, -0.15) is 0 Å². The molecule has 1 rings (SSSR count). The van der Waals surface area contributed by atoms with Crippen molar-refractivity contribution in [1.29, 1.82) is 0 Å². The summed E-state index contributed by atoms with van der Waals surface area (Å²) in [5.41, 5.74) is 3.74. The number of rotatable bonds is 2. The lowest BCUT2D eigenvalue weighted by atomic mass is 9.98. The van der Waals surface area contributed by atoms with E-state index >= 15 is 0 Å². The Morgan fingerprint density at radius 1 is 1.43 bits per heavy atom. The van der Waals surface area contributed by atoms with Gasteiger partial charge in [0.25, 0.3) is 0 Å². The lowest BCUT2D eigenvalue weighted by Gasteiger charge is -2.20. The summed E-state index contributed by atoms with van der Waals surface area (Å²) < 4.78 is 14.2. The lowest BCUT2D eigenvalue weighted by molar-refractivity contribution is 0.201. The molecule has 0 radical (unpaired) electrons. The molecule has 0 heterocycles. The highest BCUT2D eigenvalue weighted by Gasteiger charge is 2.27. The van der Waals surface area contributed by atoms with E-state index in [1.807, 2.05) is 0 Å². The van der Waals surface area contributed by atoms with Crippen LogP contribution in [0.25, 0.3) is 0 Å². The molecule has 0 aromatic heterocycles. The molecule has 1 atom stereocenters. The van der Waals surface area contributed by atoms with Crippen LogP contribution in [0.15, 0.2) is 16.6 Å². The molecule has 4 N–H and O–H groups in total. The Balaban J connectivity index is 3.29. The van der Waals surface area contributed by atoms with E-state index in [0.717, 1.165) is 6.07 Å². The van der Waals surface area contributed by atoms with Crippen LogP contribution >= 0.6 is 15.9 Å². The highest BCUT2D eigenvalue weighted by molar-refractivity contribution is 9.10.